The van der Waals surface area contributed by atoms with E-state index >= 15 is 0 Å². The number of amides is 2. The standard InChI is InChI=1S/C33H45N3O5S/c1-8-10-29(23(9-2)20-30(37)40-7)42-36-27-12-11-24(31(38)34-16-13-22(3)14-17-34)19-25(27)26-21-35(18-15-28(26)36)32(39)41-33(4,5)6/h8,10-12,19,22H,9,13-18,20-21H2,1-7H3/b10-8-,29-23-. The van der Waals surface area contributed by atoms with Crippen molar-refractivity contribution in [3.8, 4) is 0 Å². The molecule has 2 amide bonds. The molecule has 8 nitrogen and oxygen atoms in total. The number of allylic oxidation sites excluding steroid dienone is 2. The molecule has 0 aliphatic carbocycles. The number of hydrogen-bond donors (Lipinski definition) is 0. The summed E-state index contributed by atoms with van der Waals surface area (Å²) >= 11 is 1.58. The number of hydrogen-bond acceptors (Lipinski definition) is 6. The van der Waals surface area contributed by atoms with Crippen molar-refractivity contribution >= 4 is 40.8 Å². The van der Waals surface area contributed by atoms with Crippen LogP contribution in [0.15, 0.2) is 40.8 Å². The summed E-state index contributed by atoms with van der Waals surface area (Å²) in [6.07, 6.45) is 7.30. The van der Waals surface area contributed by atoms with Crippen molar-refractivity contribution in [2.75, 3.05) is 26.7 Å². The molecule has 1 aromatic heterocycles. The zero-order chi connectivity index (χ0) is 30.6. The van der Waals surface area contributed by atoms with E-state index in [0.29, 0.717) is 37.4 Å². The summed E-state index contributed by atoms with van der Waals surface area (Å²) in [5.74, 6) is 0.427. The molecule has 1 saturated heterocycles. The van der Waals surface area contributed by atoms with Crippen molar-refractivity contribution in [2.24, 2.45) is 5.92 Å². The predicted molar refractivity (Wildman–Crippen MR) is 168 cm³/mol. The van der Waals surface area contributed by atoms with Crippen LogP contribution in [0.4, 0.5) is 4.79 Å². The van der Waals surface area contributed by atoms with Gasteiger partial charge in [0.1, 0.15) is 5.60 Å². The van der Waals surface area contributed by atoms with Crippen molar-refractivity contribution in [1.29, 1.82) is 0 Å². The van der Waals surface area contributed by atoms with Gasteiger partial charge in [-0.3, -0.25) is 13.6 Å². The van der Waals surface area contributed by atoms with Gasteiger partial charge in [0.15, 0.2) is 0 Å². The minimum Gasteiger partial charge on any atom is -0.469 e. The Hall–Kier alpha value is -3.20. The zero-order valence-corrected chi connectivity index (χ0v) is 26.9. The molecular weight excluding hydrogens is 550 g/mol. The van der Waals surface area contributed by atoms with Crippen LogP contribution in [-0.4, -0.2) is 64.1 Å². The van der Waals surface area contributed by atoms with E-state index in [4.69, 9.17) is 9.47 Å². The Morgan fingerprint density at radius 3 is 2.43 bits per heavy atom. The number of ether oxygens (including phenoxy) is 2. The molecule has 2 aliphatic rings. The van der Waals surface area contributed by atoms with E-state index in [1.165, 1.54) is 7.11 Å². The molecule has 4 rings (SSSR count). The lowest BCUT2D eigenvalue weighted by molar-refractivity contribution is -0.139. The number of carbonyl (C=O) groups excluding carboxylic acids is 3. The molecule has 2 aromatic rings. The van der Waals surface area contributed by atoms with E-state index in [2.05, 4.69) is 10.9 Å². The van der Waals surface area contributed by atoms with Crippen LogP contribution >= 0.6 is 11.9 Å². The van der Waals surface area contributed by atoms with E-state index in [-0.39, 0.29) is 24.4 Å². The fourth-order valence-electron chi connectivity index (χ4n) is 5.53. The molecule has 0 unspecified atom stereocenters. The molecular formula is C33H45N3O5S. The summed E-state index contributed by atoms with van der Waals surface area (Å²) in [7, 11) is 1.41. The van der Waals surface area contributed by atoms with Crippen LogP contribution < -0.4 is 0 Å². The minimum absolute atomic E-state index is 0.0543. The van der Waals surface area contributed by atoms with Crippen molar-refractivity contribution in [2.45, 2.75) is 85.8 Å². The first-order valence-electron chi connectivity index (χ1n) is 15.0. The van der Waals surface area contributed by atoms with Gasteiger partial charge in [-0.25, -0.2) is 4.79 Å². The molecule has 228 valence electrons. The number of carbonyl (C=O) groups is 3. The van der Waals surface area contributed by atoms with Gasteiger partial charge in [-0.15, -0.1) is 0 Å². The Balaban J connectivity index is 1.79. The number of aromatic nitrogens is 1. The maximum absolute atomic E-state index is 13.5. The Kier molecular flexibility index (Phi) is 10.1. The van der Waals surface area contributed by atoms with Gasteiger partial charge in [0, 0.05) is 53.2 Å². The van der Waals surface area contributed by atoms with Gasteiger partial charge in [0.25, 0.3) is 5.91 Å². The molecule has 1 fully saturated rings. The molecule has 0 radical (unpaired) electrons. The smallest absolute Gasteiger partial charge is 0.410 e. The van der Waals surface area contributed by atoms with Crippen LogP contribution in [-0.2, 0) is 27.2 Å². The molecule has 0 N–H and O–H groups in total. The molecule has 0 saturated carbocycles. The highest BCUT2D eigenvalue weighted by Gasteiger charge is 2.31. The Labute approximate surface area is 254 Å². The normalized spacial score (nSPS) is 16.9. The quantitative estimate of drug-likeness (QED) is 0.251. The molecule has 2 aliphatic heterocycles. The number of benzene rings is 1. The van der Waals surface area contributed by atoms with Gasteiger partial charge >= 0.3 is 12.1 Å². The predicted octanol–water partition coefficient (Wildman–Crippen LogP) is 7.11. The van der Waals surface area contributed by atoms with Crippen molar-refractivity contribution in [3.05, 3.63) is 57.7 Å². The Bertz CT molecular complexity index is 1390. The lowest BCUT2D eigenvalue weighted by Crippen LogP contribution is -2.40. The number of methoxy groups -OCH3 is 1. The van der Waals surface area contributed by atoms with Crippen molar-refractivity contribution < 1.29 is 23.9 Å². The summed E-state index contributed by atoms with van der Waals surface area (Å²) in [5, 5.41) is 0.966. The van der Waals surface area contributed by atoms with E-state index in [1.54, 1.807) is 16.8 Å². The summed E-state index contributed by atoms with van der Waals surface area (Å²) in [6, 6.07) is 5.95. The molecule has 0 bridgehead atoms. The Morgan fingerprint density at radius 1 is 1.10 bits per heavy atom. The lowest BCUT2D eigenvalue weighted by atomic mass is 9.98. The summed E-state index contributed by atoms with van der Waals surface area (Å²) < 4.78 is 12.9. The number of nitrogens with zero attached hydrogens (tertiary/aromatic N) is 3. The maximum atomic E-state index is 13.5. The van der Waals surface area contributed by atoms with Gasteiger partial charge in [-0.1, -0.05) is 26.0 Å². The second kappa shape index (κ2) is 13.4. The van der Waals surface area contributed by atoms with Gasteiger partial charge in [0.2, 0.25) is 0 Å². The van der Waals surface area contributed by atoms with E-state index < -0.39 is 5.60 Å². The average Bonchev–Trinajstić information content (AvgIpc) is 3.26. The third-order valence-corrected chi connectivity index (χ3v) is 9.16. The average molecular weight is 596 g/mol. The van der Waals surface area contributed by atoms with Crippen LogP contribution in [0, 0.1) is 5.92 Å². The monoisotopic (exact) mass is 595 g/mol. The van der Waals surface area contributed by atoms with Gasteiger partial charge < -0.3 is 19.3 Å². The largest absolute Gasteiger partial charge is 0.469 e. The van der Waals surface area contributed by atoms with Crippen LogP contribution in [0.5, 0.6) is 0 Å². The second-order valence-corrected chi connectivity index (χ2v) is 13.2. The molecule has 3 heterocycles. The maximum Gasteiger partial charge on any atom is 0.410 e. The van der Waals surface area contributed by atoms with E-state index in [1.807, 2.05) is 69.9 Å². The zero-order valence-electron chi connectivity index (χ0n) is 26.1. The highest BCUT2D eigenvalue weighted by atomic mass is 32.2. The van der Waals surface area contributed by atoms with Crippen LogP contribution in [0.3, 0.4) is 0 Å². The molecule has 0 spiro atoms. The number of rotatable bonds is 7. The summed E-state index contributed by atoms with van der Waals surface area (Å²) in [5.41, 5.74) is 4.20. The summed E-state index contributed by atoms with van der Waals surface area (Å²) in [4.78, 5) is 43.5. The first kappa shape index (κ1) is 31.7. The first-order valence-corrected chi connectivity index (χ1v) is 15.8. The third-order valence-electron chi connectivity index (χ3n) is 7.94. The number of fused-ring (bicyclic) bond motifs is 3. The summed E-state index contributed by atoms with van der Waals surface area (Å²) in [6.45, 7) is 14.3. The van der Waals surface area contributed by atoms with Crippen molar-refractivity contribution in [1.82, 2.24) is 13.8 Å². The Morgan fingerprint density at radius 2 is 1.81 bits per heavy atom. The SMILES string of the molecule is C/C=C\C(Sn1c2c(c3cc(C(=O)N4CCC(C)CC4)ccc31)CN(C(=O)OC(C)(C)C)CC2)=C(/CC)CC(=O)OC. The topological polar surface area (TPSA) is 81.1 Å². The fraction of sp³-hybridized carbons (Fsp3) is 0.545. The molecule has 0 atom stereocenters. The van der Waals surface area contributed by atoms with Crippen LogP contribution in [0.1, 0.15) is 88.8 Å². The van der Waals surface area contributed by atoms with Crippen LogP contribution in [0.25, 0.3) is 10.9 Å². The molecule has 1 aromatic carbocycles. The third kappa shape index (κ3) is 7.22. The minimum atomic E-state index is -0.588. The van der Waals surface area contributed by atoms with Gasteiger partial charge in [0.05, 0.1) is 25.6 Å². The van der Waals surface area contributed by atoms with Crippen molar-refractivity contribution in [3.63, 3.8) is 0 Å². The number of esters is 1. The van der Waals surface area contributed by atoms with Gasteiger partial charge in [-0.05, 0) is 88.6 Å². The highest BCUT2D eigenvalue weighted by Crippen LogP contribution is 2.39. The van der Waals surface area contributed by atoms with Gasteiger partial charge in [-0.2, -0.15) is 0 Å². The first-order chi connectivity index (χ1) is 19.9. The second-order valence-electron chi connectivity index (χ2n) is 12.2. The van der Waals surface area contributed by atoms with Crippen LogP contribution in [0.2, 0.25) is 0 Å². The highest BCUT2D eigenvalue weighted by molar-refractivity contribution is 8.02. The molecule has 42 heavy (non-hydrogen) atoms. The lowest BCUT2D eigenvalue weighted by Gasteiger charge is -2.31. The van der Waals surface area contributed by atoms with E-state index in [0.717, 1.165) is 58.6 Å². The fourth-order valence-corrected chi connectivity index (χ4v) is 6.84. The number of likely N-dealkylation sites (tertiary alicyclic amines) is 1. The molecule has 9 heteroatoms. The number of piperidine rings is 1. The van der Waals surface area contributed by atoms with E-state index in [9.17, 15) is 14.4 Å².